The second kappa shape index (κ2) is 15.8. The molecule has 0 amide bonds. The molecule has 2 fully saturated rings. The quantitative estimate of drug-likeness (QED) is 0.0917. The Morgan fingerprint density at radius 3 is 2.31 bits per heavy atom. The normalized spacial score (nSPS) is 16.3. The first-order chi connectivity index (χ1) is 23.8. The minimum atomic E-state index is 0.607. The molecule has 2 aliphatic rings. The fraction of sp³-hybridized carbons (Fsp3) is 0.500. The predicted molar refractivity (Wildman–Crippen MR) is 214 cm³/mol. The van der Waals surface area contributed by atoms with Crippen molar-refractivity contribution in [1.29, 1.82) is 0 Å². The molecule has 4 aromatic rings. The van der Waals surface area contributed by atoms with Crippen molar-refractivity contribution in [2.75, 3.05) is 91.0 Å². The van der Waals surface area contributed by atoms with Gasteiger partial charge in [-0.25, -0.2) is 4.98 Å². The highest BCUT2D eigenvalue weighted by atomic mass is 127. The molecule has 0 atom stereocenters. The van der Waals surface area contributed by atoms with Crippen LogP contribution in [0.25, 0.3) is 11.0 Å². The number of piperazine rings is 1. The number of methoxy groups -OCH3 is 1. The Balaban J connectivity index is 1.29. The number of anilines is 6. The second-order valence-corrected chi connectivity index (χ2v) is 14.7. The van der Waals surface area contributed by atoms with Crippen LogP contribution in [-0.2, 0) is 12.8 Å². The van der Waals surface area contributed by atoms with Crippen molar-refractivity contribution in [2.24, 2.45) is 0 Å². The fourth-order valence-electron chi connectivity index (χ4n) is 7.03. The van der Waals surface area contributed by atoms with Gasteiger partial charge >= 0.3 is 0 Å². The van der Waals surface area contributed by atoms with Crippen LogP contribution >= 0.6 is 34.8 Å². The zero-order chi connectivity index (χ0) is 34.7. The Morgan fingerprint density at radius 1 is 0.918 bits per heavy atom. The summed E-state index contributed by atoms with van der Waals surface area (Å²) in [6, 6.07) is 9.30. The van der Waals surface area contributed by atoms with E-state index in [9.17, 15) is 0 Å². The van der Waals surface area contributed by atoms with Crippen LogP contribution in [0.15, 0.2) is 42.9 Å². The van der Waals surface area contributed by atoms with Gasteiger partial charge in [-0.2, -0.15) is 4.98 Å². The van der Waals surface area contributed by atoms with Gasteiger partial charge in [0, 0.05) is 102 Å². The smallest absolute Gasteiger partial charge is 0.231 e. The summed E-state index contributed by atoms with van der Waals surface area (Å²) in [5.74, 6) is 2.27. The first-order valence-corrected chi connectivity index (χ1v) is 19.4. The monoisotopic (exact) mass is 796 g/mol. The van der Waals surface area contributed by atoms with E-state index in [-0.39, 0.29) is 0 Å². The van der Waals surface area contributed by atoms with Crippen LogP contribution in [0.3, 0.4) is 0 Å². The average molecular weight is 797 g/mol. The molecular weight excluding hydrogens is 747 g/mol. The number of aryl methyl sites for hydroxylation is 2. The van der Waals surface area contributed by atoms with Crippen LogP contribution < -0.4 is 22.0 Å². The number of rotatable bonds is 11. The molecule has 2 aromatic carbocycles. The van der Waals surface area contributed by atoms with Crippen molar-refractivity contribution in [3.8, 4) is 5.75 Å². The van der Waals surface area contributed by atoms with Crippen LogP contribution in [-0.4, -0.2) is 110 Å². The lowest BCUT2D eigenvalue weighted by molar-refractivity contribution is 0.0982. The van der Waals surface area contributed by atoms with Crippen molar-refractivity contribution in [3.05, 3.63) is 54.0 Å². The number of hydrogen-bond donors (Lipinski definition) is 0. The maximum Gasteiger partial charge on any atom is 0.231 e. The number of aromatic nitrogens is 4. The number of fused-ring (bicyclic) bond motifs is 1. The van der Waals surface area contributed by atoms with Crippen LogP contribution in [0.4, 0.5) is 34.5 Å². The van der Waals surface area contributed by atoms with Gasteiger partial charge in [0.25, 0.3) is 0 Å². The maximum atomic E-state index is 6.06. The molecule has 2 saturated heterocycles. The first kappa shape index (κ1) is 35.7. The van der Waals surface area contributed by atoms with Crippen molar-refractivity contribution < 1.29 is 4.74 Å². The summed E-state index contributed by atoms with van der Waals surface area (Å²) in [6.07, 6.45) is 11.6. The van der Waals surface area contributed by atoms with Gasteiger partial charge in [-0.15, -0.1) is 0 Å². The molecule has 2 aliphatic heterocycles. The molecule has 0 spiro atoms. The number of likely N-dealkylation sites (N-methyl/N-ethyl adjacent to an activating group) is 1. The van der Waals surface area contributed by atoms with Gasteiger partial charge in [-0.05, 0) is 56.5 Å². The Hall–Kier alpha value is -3.14. The molecule has 0 saturated carbocycles. The Labute approximate surface area is 309 Å². The van der Waals surface area contributed by atoms with Crippen LogP contribution in [0.1, 0.15) is 37.8 Å². The first-order valence-electron chi connectivity index (χ1n) is 17.2. The summed E-state index contributed by atoms with van der Waals surface area (Å²) < 4.78 is 10.3. The SMILES string of the molecule is CCc1cc(N(C)c2ncc(CC)c(N(I)c3ccc4nccnc4c3N(C)SC)n2)c(OC)cc1N1CCC(N2CCN(C)CC2)CC1. The number of piperidine rings is 1. The number of nitrogens with zero attached hydrogens (tertiary/aromatic N) is 10. The average Bonchev–Trinajstić information content (AvgIpc) is 3.16. The summed E-state index contributed by atoms with van der Waals surface area (Å²) in [6.45, 7) is 11.2. The van der Waals surface area contributed by atoms with Gasteiger partial charge in [0.15, 0.2) is 5.82 Å². The van der Waals surface area contributed by atoms with Crippen molar-refractivity contribution >= 4 is 80.4 Å². The maximum absolute atomic E-state index is 6.06. The van der Waals surface area contributed by atoms with Gasteiger partial charge in [0.05, 0.1) is 52.6 Å². The molecule has 0 N–H and O–H groups in total. The Morgan fingerprint density at radius 2 is 1.63 bits per heavy atom. The molecular formula is C36H49IN10OS. The van der Waals surface area contributed by atoms with Crippen LogP contribution in [0.5, 0.6) is 5.75 Å². The molecule has 0 unspecified atom stereocenters. The van der Waals surface area contributed by atoms with Gasteiger partial charge in [-0.3, -0.25) is 18.0 Å². The van der Waals surface area contributed by atoms with E-state index in [1.807, 2.05) is 19.3 Å². The highest BCUT2D eigenvalue weighted by Gasteiger charge is 2.29. The van der Waals surface area contributed by atoms with E-state index in [1.54, 1.807) is 31.5 Å². The zero-order valence-electron chi connectivity index (χ0n) is 29.9. The van der Waals surface area contributed by atoms with E-state index >= 15 is 0 Å². The van der Waals surface area contributed by atoms with Crippen molar-refractivity contribution in [3.63, 3.8) is 0 Å². The van der Waals surface area contributed by atoms with Crippen LogP contribution in [0.2, 0.25) is 0 Å². The minimum Gasteiger partial charge on any atom is -0.494 e. The van der Waals surface area contributed by atoms with Crippen molar-refractivity contribution in [1.82, 2.24) is 29.7 Å². The Bertz CT molecular complexity index is 1740. The summed E-state index contributed by atoms with van der Waals surface area (Å²) >= 11 is 3.99. The number of halogens is 1. The number of ether oxygens (including phenoxy) is 1. The third kappa shape index (κ3) is 7.35. The van der Waals surface area contributed by atoms with Crippen LogP contribution in [0, 0.1) is 0 Å². The van der Waals surface area contributed by atoms with Gasteiger partial charge in [0.2, 0.25) is 5.95 Å². The zero-order valence-corrected chi connectivity index (χ0v) is 32.8. The third-order valence-corrected chi connectivity index (χ3v) is 11.8. The second-order valence-electron chi connectivity index (χ2n) is 12.8. The molecule has 6 rings (SSSR count). The van der Waals surface area contributed by atoms with Gasteiger partial charge in [-0.1, -0.05) is 25.8 Å². The summed E-state index contributed by atoms with van der Waals surface area (Å²) in [7, 11) is 8.07. The topological polar surface area (TPSA) is 80.2 Å². The van der Waals surface area contributed by atoms with E-state index in [0.29, 0.717) is 12.0 Å². The molecule has 0 aliphatic carbocycles. The highest BCUT2D eigenvalue weighted by molar-refractivity contribution is 14.1. The summed E-state index contributed by atoms with van der Waals surface area (Å²) in [5, 5.41) is 0. The summed E-state index contributed by atoms with van der Waals surface area (Å²) in [4.78, 5) is 29.1. The number of benzene rings is 2. The molecule has 49 heavy (non-hydrogen) atoms. The third-order valence-electron chi connectivity index (χ3n) is 10.1. The Kier molecular flexibility index (Phi) is 11.5. The highest BCUT2D eigenvalue weighted by Crippen LogP contribution is 2.44. The largest absolute Gasteiger partial charge is 0.494 e. The fourth-order valence-corrected chi connectivity index (χ4v) is 8.20. The van der Waals surface area contributed by atoms with Gasteiger partial charge < -0.3 is 23.7 Å². The van der Waals surface area contributed by atoms with Crippen molar-refractivity contribution in [2.45, 2.75) is 45.6 Å². The van der Waals surface area contributed by atoms with E-state index in [0.717, 1.165) is 71.2 Å². The minimum absolute atomic E-state index is 0.607. The molecule has 13 heteroatoms. The van der Waals surface area contributed by atoms with E-state index in [1.165, 1.54) is 50.3 Å². The molecule has 4 heterocycles. The molecule has 262 valence electrons. The van der Waals surface area contributed by atoms with E-state index in [2.05, 4.69) is 107 Å². The molecule has 11 nitrogen and oxygen atoms in total. The lowest BCUT2D eigenvalue weighted by Crippen LogP contribution is -2.52. The van der Waals surface area contributed by atoms with Gasteiger partial charge in [0.1, 0.15) is 11.3 Å². The number of hydrogen-bond acceptors (Lipinski definition) is 12. The lowest BCUT2D eigenvalue weighted by atomic mass is 9.99. The molecule has 0 bridgehead atoms. The predicted octanol–water partition coefficient (Wildman–Crippen LogP) is 6.74. The lowest BCUT2D eigenvalue weighted by Gasteiger charge is -2.43. The molecule has 0 radical (unpaired) electrons. The summed E-state index contributed by atoms with van der Waals surface area (Å²) in [5.41, 5.74) is 8.27. The van der Waals surface area contributed by atoms with E-state index < -0.39 is 0 Å². The molecule has 2 aromatic heterocycles. The standard InChI is InChI=1S/C36H49IN10OS/c1-8-25-22-31(32(48-6)23-30(25)46-16-12-27(13-17-46)45-20-18-42(3)19-21-45)43(4)36-40-24-26(9-2)35(41-36)47(37)29-11-10-28-33(39-15-14-38-28)34(29)44(5)49-7/h10-11,14-15,22-24,27H,8-9,12-13,16-21H2,1-7H3. The van der Waals surface area contributed by atoms with E-state index in [4.69, 9.17) is 19.7 Å².